The van der Waals surface area contributed by atoms with Gasteiger partial charge in [0.25, 0.3) is 0 Å². The molecule has 0 spiro atoms. The van der Waals surface area contributed by atoms with Crippen LogP contribution in [0.3, 0.4) is 0 Å². The monoisotopic (exact) mass is 245 g/mol. The minimum absolute atomic E-state index is 0.502. The number of benzene rings is 1. The molecular formula is C17H27N. The predicted octanol–water partition coefficient (Wildman–Crippen LogP) is 4.41. The first-order valence-electron chi connectivity index (χ1n) is 7.45. The molecule has 2 rings (SSSR count). The quantitative estimate of drug-likeness (QED) is 0.810. The van der Waals surface area contributed by atoms with E-state index in [0.717, 1.165) is 11.8 Å². The van der Waals surface area contributed by atoms with E-state index in [1.807, 2.05) is 0 Å². The van der Waals surface area contributed by atoms with E-state index in [-0.39, 0.29) is 0 Å². The van der Waals surface area contributed by atoms with E-state index in [4.69, 9.17) is 0 Å². The van der Waals surface area contributed by atoms with Crippen LogP contribution in [0.5, 0.6) is 0 Å². The molecule has 1 fully saturated rings. The van der Waals surface area contributed by atoms with Crippen molar-refractivity contribution < 1.29 is 0 Å². The Kier molecular flexibility index (Phi) is 4.82. The fourth-order valence-corrected chi connectivity index (χ4v) is 3.20. The molecule has 1 aliphatic rings. The molecule has 3 atom stereocenters. The Morgan fingerprint density at radius 3 is 2.44 bits per heavy atom. The zero-order chi connectivity index (χ0) is 13.0. The lowest BCUT2D eigenvalue weighted by Gasteiger charge is -2.25. The predicted molar refractivity (Wildman–Crippen MR) is 78.5 cm³/mol. The Hall–Kier alpha value is -0.820. The highest BCUT2D eigenvalue weighted by Crippen LogP contribution is 2.31. The highest BCUT2D eigenvalue weighted by molar-refractivity contribution is 5.19. The molecule has 1 N–H and O–H groups in total. The summed E-state index contributed by atoms with van der Waals surface area (Å²) in [7, 11) is 0. The molecule has 1 nitrogen and oxygen atoms in total. The largest absolute Gasteiger partial charge is 0.309 e. The molecule has 0 heterocycles. The molecule has 3 unspecified atom stereocenters. The third-order valence-electron chi connectivity index (χ3n) is 4.26. The van der Waals surface area contributed by atoms with Crippen molar-refractivity contribution in [3.05, 3.63) is 35.9 Å². The van der Waals surface area contributed by atoms with Crippen molar-refractivity contribution in [2.75, 3.05) is 6.54 Å². The molecule has 0 aromatic heterocycles. The Morgan fingerprint density at radius 2 is 1.89 bits per heavy atom. The van der Waals surface area contributed by atoms with Crippen LogP contribution in [0.25, 0.3) is 0 Å². The van der Waals surface area contributed by atoms with Gasteiger partial charge in [0.15, 0.2) is 0 Å². The van der Waals surface area contributed by atoms with E-state index in [1.54, 1.807) is 0 Å². The van der Waals surface area contributed by atoms with Gasteiger partial charge in [-0.3, -0.25) is 0 Å². The summed E-state index contributed by atoms with van der Waals surface area (Å²) in [4.78, 5) is 0. The van der Waals surface area contributed by atoms with Crippen LogP contribution in [0.1, 0.15) is 51.6 Å². The summed E-state index contributed by atoms with van der Waals surface area (Å²) in [6, 6.07) is 11.4. The molecule has 0 bridgehead atoms. The van der Waals surface area contributed by atoms with Gasteiger partial charge in [-0.05, 0) is 42.7 Å². The van der Waals surface area contributed by atoms with Crippen molar-refractivity contribution in [1.29, 1.82) is 0 Å². The molecule has 1 aromatic rings. The van der Waals surface area contributed by atoms with Gasteiger partial charge in [-0.15, -0.1) is 0 Å². The van der Waals surface area contributed by atoms with Crippen LogP contribution in [0.4, 0.5) is 0 Å². The zero-order valence-corrected chi connectivity index (χ0v) is 12.0. The maximum Gasteiger partial charge on any atom is 0.0343 e. The number of rotatable bonds is 5. The zero-order valence-electron chi connectivity index (χ0n) is 12.0. The average Bonchev–Trinajstić information content (AvgIpc) is 2.76. The molecule has 100 valence electrons. The van der Waals surface area contributed by atoms with Crippen molar-refractivity contribution in [3.8, 4) is 0 Å². The fourth-order valence-electron chi connectivity index (χ4n) is 3.20. The van der Waals surface area contributed by atoms with Crippen molar-refractivity contribution in [2.45, 2.75) is 46.1 Å². The van der Waals surface area contributed by atoms with Crippen molar-refractivity contribution in [3.63, 3.8) is 0 Å². The van der Waals surface area contributed by atoms with Crippen LogP contribution in [-0.4, -0.2) is 6.54 Å². The smallest absolute Gasteiger partial charge is 0.0343 e. The second-order valence-corrected chi connectivity index (χ2v) is 6.32. The average molecular weight is 245 g/mol. The first-order chi connectivity index (χ1) is 8.66. The van der Waals surface area contributed by atoms with Crippen LogP contribution in [0.2, 0.25) is 0 Å². The standard InChI is InChI=1S/C17H27N/c1-13(2)17(16-7-5-4-6-8-16)18-12-15-10-9-14(3)11-15/h4-8,13-15,17-18H,9-12H2,1-3H3. The SMILES string of the molecule is CC1CCC(CNC(c2ccccc2)C(C)C)C1. The summed E-state index contributed by atoms with van der Waals surface area (Å²) in [5.74, 6) is 2.47. The minimum atomic E-state index is 0.502. The lowest BCUT2D eigenvalue weighted by Crippen LogP contribution is -2.29. The first-order valence-corrected chi connectivity index (χ1v) is 7.45. The topological polar surface area (TPSA) is 12.0 Å². The fraction of sp³-hybridized carbons (Fsp3) is 0.647. The third kappa shape index (κ3) is 3.58. The van der Waals surface area contributed by atoms with E-state index in [9.17, 15) is 0 Å². The van der Waals surface area contributed by atoms with E-state index in [1.165, 1.54) is 31.4 Å². The van der Waals surface area contributed by atoms with Crippen molar-refractivity contribution in [1.82, 2.24) is 5.32 Å². The summed E-state index contributed by atoms with van der Waals surface area (Å²) >= 11 is 0. The summed E-state index contributed by atoms with van der Waals surface area (Å²) in [6.07, 6.45) is 4.24. The van der Waals surface area contributed by atoms with Gasteiger partial charge in [0.1, 0.15) is 0 Å². The molecule has 0 aliphatic heterocycles. The van der Waals surface area contributed by atoms with Gasteiger partial charge >= 0.3 is 0 Å². The summed E-state index contributed by atoms with van der Waals surface area (Å²) in [5, 5.41) is 3.80. The number of hydrogen-bond acceptors (Lipinski definition) is 1. The highest BCUT2D eigenvalue weighted by Gasteiger charge is 2.23. The summed E-state index contributed by atoms with van der Waals surface area (Å²) in [5.41, 5.74) is 1.43. The summed E-state index contributed by atoms with van der Waals surface area (Å²) in [6.45, 7) is 8.18. The molecule has 0 amide bonds. The molecule has 0 radical (unpaired) electrons. The summed E-state index contributed by atoms with van der Waals surface area (Å²) < 4.78 is 0. The number of hydrogen-bond donors (Lipinski definition) is 1. The normalized spacial score (nSPS) is 25.6. The van der Waals surface area contributed by atoms with E-state index in [2.05, 4.69) is 56.4 Å². The minimum Gasteiger partial charge on any atom is -0.309 e. The lowest BCUT2D eigenvalue weighted by molar-refractivity contribution is 0.367. The molecule has 1 saturated carbocycles. The lowest BCUT2D eigenvalue weighted by atomic mass is 9.95. The molecule has 1 aliphatic carbocycles. The van der Waals surface area contributed by atoms with Crippen molar-refractivity contribution in [2.24, 2.45) is 17.8 Å². The molecule has 18 heavy (non-hydrogen) atoms. The Morgan fingerprint density at radius 1 is 1.17 bits per heavy atom. The van der Waals surface area contributed by atoms with E-state index < -0.39 is 0 Å². The Labute approximate surface area is 112 Å². The van der Waals surface area contributed by atoms with Gasteiger partial charge in [0.05, 0.1) is 0 Å². The second-order valence-electron chi connectivity index (χ2n) is 6.32. The van der Waals surface area contributed by atoms with Gasteiger partial charge in [0, 0.05) is 6.04 Å². The van der Waals surface area contributed by atoms with Gasteiger partial charge in [-0.25, -0.2) is 0 Å². The van der Waals surface area contributed by atoms with E-state index in [0.29, 0.717) is 12.0 Å². The van der Waals surface area contributed by atoms with Crippen LogP contribution in [-0.2, 0) is 0 Å². The van der Waals surface area contributed by atoms with Crippen LogP contribution in [0.15, 0.2) is 30.3 Å². The maximum absolute atomic E-state index is 3.80. The maximum atomic E-state index is 3.80. The number of nitrogens with one attached hydrogen (secondary N) is 1. The van der Waals surface area contributed by atoms with Crippen LogP contribution < -0.4 is 5.32 Å². The van der Waals surface area contributed by atoms with Crippen molar-refractivity contribution >= 4 is 0 Å². The molecule has 0 saturated heterocycles. The van der Waals surface area contributed by atoms with Crippen LogP contribution in [0, 0.1) is 17.8 Å². The molecular weight excluding hydrogens is 218 g/mol. The molecule has 1 aromatic carbocycles. The van der Waals surface area contributed by atoms with Gasteiger partial charge in [0.2, 0.25) is 0 Å². The van der Waals surface area contributed by atoms with Gasteiger partial charge < -0.3 is 5.32 Å². The van der Waals surface area contributed by atoms with Gasteiger partial charge in [-0.1, -0.05) is 57.5 Å². The molecule has 1 heteroatoms. The first kappa shape index (κ1) is 13.6. The third-order valence-corrected chi connectivity index (χ3v) is 4.26. The second kappa shape index (κ2) is 6.38. The van der Waals surface area contributed by atoms with Gasteiger partial charge in [-0.2, -0.15) is 0 Å². The Bertz CT molecular complexity index is 344. The highest BCUT2D eigenvalue weighted by atomic mass is 14.9. The van der Waals surface area contributed by atoms with Crippen LogP contribution >= 0.6 is 0 Å². The van der Waals surface area contributed by atoms with E-state index >= 15 is 0 Å². The Balaban J connectivity index is 1.91.